The number of nitrogens with two attached hydrogens (primary N) is 1. The van der Waals surface area contributed by atoms with E-state index in [1.165, 1.54) is 37.3 Å². The van der Waals surface area contributed by atoms with Gasteiger partial charge in [0.2, 0.25) is 0 Å². The maximum atomic E-state index is 13.9. The number of aliphatic hydroxyl groups excluding tert-OH is 1. The molecule has 0 radical (unpaired) electrons. The number of fused-ring (bicyclic) bond motifs is 5. The maximum Gasteiger partial charge on any atom is 0.472 e. The monoisotopic (exact) mass is 979 g/mol. The fourth-order valence-electron chi connectivity index (χ4n) is 10.2. The number of hydrogen-bond donors (Lipinski definition) is 6. The van der Waals surface area contributed by atoms with Gasteiger partial charge < -0.3 is 54.7 Å². The second kappa shape index (κ2) is 21.4. The van der Waals surface area contributed by atoms with E-state index < -0.39 is 140 Å². The second-order valence-corrected chi connectivity index (χ2v) is 20.0. The molecule has 4 aliphatic carbocycles. The minimum atomic E-state index is -4.79. The Morgan fingerprint density at radius 1 is 0.868 bits per heavy atom. The number of aliphatic hydroxyl groups is 3. The minimum absolute atomic E-state index is 0.0424. The predicted molar refractivity (Wildman–Crippen MR) is 234 cm³/mol. The van der Waals surface area contributed by atoms with Gasteiger partial charge >= 0.3 is 43.6 Å². The third-order valence-corrected chi connectivity index (χ3v) is 14.5. The molecule has 21 nitrogen and oxygen atoms in total. The van der Waals surface area contributed by atoms with Crippen LogP contribution >= 0.6 is 7.82 Å². The van der Waals surface area contributed by atoms with Gasteiger partial charge in [0.15, 0.2) is 17.5 Å². The summed E-state index contributed by atoms with van der Waals surface area (Å²) in [5, 5.41) is 44.0. The molecule has 5 rings (SSSR count). The highest BCUT2D eigenvalue weighted by molar-refractivity contribution is 7.47. The first-order valence-electron chi connectivity index (χ1n) is 22.4. The van der Waals surface area contributed by atoms with Crippen molar-refractivity contribution in [2.45, 2.75) is 122 Å². The van der Waals surface area contributed by atoms with E-state index in [0.717, 1.165) is 6.92 Å². The number of phosphoric acid groups is 1. The Labute approximate surface area is 392 Å². The van der Waals surface area contributed by atoms with Crippen LogP contribution in [0.25, 0.3) is 0 Å². The summed E-state index contributed by atoms with van der Waals surface area (Å²) in [6.07, 6.45) is 3.20. The predicted octanol–water partition coefficient (Wildman–Crippen LogP) is 2.88. The Bertz CT molecular complexity index is 2220. The Morgan fingerprint density at radius 3 is 2.07 bits per heavy atom. The molecule has 0 amide bonds. The summed E-state index contributed by atoms with van der Waals surface area (Å²) in [5.74, 6) is -9.24. The van der Waals surface area contributed by atoms with E-state index in [1.54, 1.807) is 19.9 Å². The highest BCUT2D eigenvalue weighted by Gasteiger charge is 2.88. The van der Waals surface area contributed by atoms with Gasteiger partial charge in [-0.1, -0.05) is 52.2 Å². The van der Waals surface area contributed by atoms with Gasteiger partial charge in [-0.3, -0.25) is 33.0 Å². The second-order valence-electron chi connectivity index (χ2n) is 18.5. The van der Waals surface area contributed by atoms with E-state index >= 15 is 0 Å². The van der Waals surface area contributed by atoms with Crippen LogP contribution in [0.4, 0.5) is 0 Å². The lowest BCUT2D eigenvalue weighted by Gasteiger charge is -2.53. The van der Waals surface area contributed by atoms with Gasteiger partial charge in [0.05, 0.1) is 43.2 Å². The lowest BCUT2D eigenvalue weighted by atomic mass is 9.59. The van der Waals surface area contributed by atoms with Crippen molar-refractivity contribution in [2.24, 2.45) is 34.8 Å². The number of aliphatic carboxylic acids is 1. The normalized spacial score (nSPS) is 29.5. The third-order valence-electron chi connectivity index (χ3n) is 13.5. The molecule has 11 atom stereocenters. The zero-order valence-electron chi connectivity index (χ0n) is 38.9. The number of hydrogen-bond acceptors (Lipinski definition) is 19. The Morgan fingerprint density at radius 2 is 1.47 bits per heavy atom. The third kappa shape index (κ3) is 11.3. The molecule has 376 valence electrons. The van der Waals surface area contributed by atoms with Crippen molar-refractivity contribution >= 4 is 49.4 Å². The van der Waals surface area contributed by atoms with Crippen LogP contribution in [0.1, 0.15) is 107 Å². The topological polar surface area (TPSA) is 328 Å². The molecule has 0 aliphatic heterocycles. The molecule has 4 aliphatic rings. The van der Waals surface area contributed by atoms with Crippen LogP contribution in [-0.2, 0) is 61.3 Å². The SMILES string of the molecule is CC(=O)OC[C@H](COP(=O)(O)OC[C@H](N)C(=O)O)OC(=O)CCCCCCCOC(=O)c1ccc(C(=O)O[C@@H]2[C@@H](C)[C@@]3(O)[C@@H](C=C(CO)C[C@]4(O)C(=O)C(C)=C[C@@H]34)[C@@H]3C(C)(C)[C@]23OC(C)=O)cc1. The van der Waals surface area contributed by atoms with Gasteiger partial charge in [-0.15, -0.1) is 0 Å². The van der Waals surface area contributed by atoms with E-state index in [4.69, 9.17) is 39.0 Å². The van der Waals surface area contributed by atoms with Crippen molar-refractivity contribution in [3.63, 3.8) is 0 Å². The maximum absolute atomic E-state index is 13.9. The number of carbonyl (C=O) groups is 7. The number of carbonyl (C=O) groups excluding carboxylic acids is 6. The van der Waals surface area contributed by atoms with Crippen molar-refractivity contribution < 1.29 is 96.2 Å². The number of rotatable bonds is 23. The van der Waals surface area contributed by atoms with Crippen molar-refractivity contribution in [1.29, 1.82) is 0 Å². The minimum Gasteiger partial charge on any atom is -0.480 e. The quantitative estimate of drug-likeness (QED) is 0.0302. The van der Waals surface area contributed by atoms with Crippen LogP contribution in [0.2, 0.25) is 0 Å². The molecule has 0 bridgehead atoms. The van der Waals surface area contributed by atoms with E-state index in [2.05, 4.69) is 4.52 Å². The first-order valence-corrected chi connectivity index (χ1v) is 23.9. The van der Waals surface area contributed by atoms with Crippen molar-refractivity contribution in [3.05, 3.63) is 58.7 Å². The standard InChI is InChI=1S/C46H62NO20P/c1-25-18-35-44(57,38(25)52)20-29(21-48)19-33-37-43(5,6)46(37,67-28(4)50)39(26(2)45(33,35)58)66-42(56)31-15-13-30(14-16-31)41(55)61-17-11-9-7-8-10-12-36(51)65-32(22-62-27(3)49)23-63-68(59,60)64-24-34(47)40(53)54/h13-16,18-19,26,32-35,37,39,48,57-58H,7-12,17,20-24,47H2,1-6H3,(H,53,54)(H,59,60)/t26-,32-,33+,34+,35-,37-,39-,44-,45-,46-/m1/s1. The molecule has 0 spiro atoms. The lowest BCUT2D eigenvalue weighted by Crippen LogP contribution is -2.66. The Hall–Kier alpha value is -4.86. The number of unbranched alkanes of at least 4 members (excludes halogenated alkanes) is 4. The summed E-state index contributed by atoms with van der Waals surface area (Å²) in [6.45, 7) is 6.72. The Balaban J connectivity index is 1.11. The highest BCUT2D eigenvalue weighted by Crippen LogP contribution is 2.77. The molecular weight excluding hydrogens is 917 g/mol. The number of carboxylic acids is 1. The summed E-state index contributed by atoms with van der Waals surface area (Å²) in [6, 6.07) is 3.93. The number of esters is 5. The fourth-order valence-corrected chi connectivity index (χ4v) is 10.9. The van der Waals surface area contributed by atoms with Gasteiger partial charge in [0, 0.05) is 55.8 Å². The number of Topliss-reactive ketones (excluding diaryl/α,β-unsaturated/α-hetero) is 1. The first kappa shape index (κ1) is 54.1. The van der Waals surface area contributed by atoms with Gasteiger partial charge in [-0.25, -0.2) is 14.2 Å². The first-order chi connectivity index (χ1) is 31.8. The molecule has 7 N–H and O–H groups in total. The van der Waals surface area contributed by atoms with Gasteiger partial charge in [0.25, 0.3) is 0 Å². The van der Waals surface area contributed by atoms with Crippen LogP contribution in [0.15, 0.2) is 47.6 Å². The average Bonchev–Trinajstić information content (AvgIpc) is 3.70. The fraction of sp³-hybridized carbons (Fsp3) is 0.630. The van der Waals surface area contributed by atoms with Gasteiger partial charge in [0.1, 0.15) is 24.4 Å². The molecule has 0 saturated heterocycles. The van der Waals surface area contributed by atoms with Gasteiger partial charge in [-0.05, 0) is 55.2 Å². The van der Waals surface area contributed by atoms with Crippen molar-refractivity contribution in [3.8, 4) is 0 Å². The van der Waals surface area contributed by atoms with Crippen LogP contribution in [0, 0.1) is 29.1 Å². The summed E-state index contributed by atoms with van der Waals surface area (Å²) in [7, 11) is -4.79. The van der Waals surface area contributed by atoms with Crippen LogP contribution in [0.5, 0.6) is 0 Å². The van der Waals surface area contributed by atoms with Crippen LogP contribution < -0.4 is 5.73 Å². The number of phosphoric ester groups is 1. The number of ketones is 1. The smallest absolute Gasteiger partial charge is 0.472 e. The Kier molecular flexibility index (Phi) is 17.0. The molecule has 2 saturated carbocycles. The van der Waals surface area contributed by atoms with Crippen molar-refractivity contribution in [2.75, 3.05) is 33.0 Å². The molecule has 22 heteroatoms. The van der Waals surface area contributed by atoms with Crippen LogP contribution in [0.3, 0.4) is 0 Å². The molecule has 1 aromatic rings. The molecule has 68 heavy (non-hydrogen) atoms. The summed E-state index contributed by atoms with van der Waals surface area (Å²) >= 11 is 0. The lowest BCUT2D eigenvalue weighted by molar-refractivity contribution is -0.219. The molecule has 0 aromatic heterocycles. The number of ether oxygens (including phenoxy) is 5. The van der Waals surface area contributed by atoms with E-state index in [-0.39, 0.29) is 36.1 Å². The largest absolute Gasteiger partial charge is 0.480 e. The summed E-state index contributed by atoms with van der Waals surface area (Å²) in [4.78, 5) is 97.3. The van der Waals surface area contributed by atoms with E-state index in [1.807, 2.05) is 13.8 Å². The molecule has 1 aromatic carbocycles. The van der Waals surface area contributed by atoms with E-state index in [0.29, 0.717) is 37.7 Å². The molecule has 1 unspecified atom stereocenters. The van der Waals surface area contributed by atoms with E-state index in [9.17, 15) is 58.3 Å². The molecule has 2 fully saturated rings. The molecule has 0 heterocycles. The summed E-state index contributed by atoms with van der Waals surface area (Å²) < 4.78 is 49.1. The zero-order valence-corrected chi connectivity index (χ0v) is 39.8. The zero-order chi connectivity index (χ0) is 50.6. The van der Waals surface area contributed by atoms with Gasteiger partial charge in [-0.2, -0.15) is 0 Å². The highest BCUT2D eigenvalue weighted by atomic mass is 31.2. The van der Waals surface area contributed by atoms with Crippen molar-refractivity contribution in [1.82, 2.24) is 0 Å². The summed E-state index contributed by atoms with van der Waals surface area (Å²) in [5.41, 5.74) is -0.254. The van der Waals surface area contributed by atoms with Crippen LogP contribution in [-0.4, -0.2) is 135 Å². The average molecular weight is 980 g/mol. The number of benzene rings is 1. The molecular formula is C46H62NO20P. The number of carboxylic acid groups (broad SMARTS) is 1.